The summed E-state index contributed by atoms with van der Waals surface area (Å²) in [6.07, 6.45) is -17.5. The minimum absolute atomic E-state index is 0.0653. The number of allylic oxidation sites excluding steroid dienone is 1. The lowest BCUT2D eigenvalue weighted by molar-refractivity contribution is -0.144. The normalized spacial score (nSPS) is 15.7. The summed E-state index contributed by atoms with van der Waals surface area (Å²) in [6.45, 7) is 0.655. The molecule has 2 aliphatic rings. The fraction of sp³-hybridized carbons (Fsp3) is 0.231. The van der Waals surface area contributed by atoms with Crippen LogP contribution in [0.2, 0.25) is 0 Å². The van der Waals surface area contributed by atoms with Gasteiger partial charge in [0.05, 0.1) is 22.3 Å². The van der Waals surface area contributed by atoms with E-state index >= 15 is 0 Å². The zero-order valence-electron chi connectivity index (χ0n) is 36.1. The molecular weight excluding hydrogens is 1080 g/mol. The minimum atomic E-state index is -4.95. The van der Waals surface area contributed by atoms with Crippen molar-refractivity contribution in [2.75, 3.05) is 0 Å². The van der Waals surface area contributed by atoms with Crippen molar-refractivity contribution in [3.63, 3.8) is 0 Å². The Kier molecular flexibility index (Phi) is 15.5. The van der Waals surface area contributed by atoms with Crippen molar-refractivity contribution in [3.05, 3.63) is 203 Å². The summed E-state index contributed by atoms with van der Waals surface area (Å²) < 4.78 is 171. The Labute approximate surface area is 409 Å². The zero-order chi connectivity index (χ0) is 50.8. The van der Waals surface area contributed by atoms with Crippen LogP contribution in [0.15, 0.2) is 136 Å². The van der Waals surface area contributed by atoms with Gasteiger partial charge in [0.15, 0.2) is 11.6 Å². The number of rotatable bonds is 9. The molecule has 0 spiro atoms. The van der Waals surface area contributed by atoms with Gasteiger partial charge in [-0.25, -0.2) is 0 Å². The monoisotopic (exact) mass is 1110 g/mol. The van der Waals surface area contributed by atoms with Crippen LogP contribution in [0.1, 0.15) is 89.2 Å². The molecule has 0 bridgehead atoms. The number of hydrogen-bond donors (Lipinski definition) is 0. The number of carbonyl (C=O) groups is 2. The number of carbonyl (C=O) groups excluding carboxylic acids is 2. The van der Waals surface area contributed by atoms with Crippen LogP contribution in [-0.4, -0.2) is 11.6 Å². The average Bonchev–Trinajstić information content (AvgIpc) is 3.29. The van der Waals surface area contributed by atoms with Crippen molar-refractivity contribution in [2.24, 2.45) is 5.92 Å². The lowest BCUT2D eigenvalue weighted by atomic mass is 9.79. The third-order valence-electron chi connectivity index (χ3n) is 11.5. The highest BCUT2D eigenvalue weighted by Gasteiger charge is 2.39. The summed E-state index contributed by atoms with van der Waals surface area (Å²) in [5.41, 5.74) is -1.80. The quantitative estimate of drug-likeness (QED) is 0.107. The highest BCUT2D eigenvalue weighted by Crippen LogP contribution is 2.40. The molecule has 2 aliphatic carbocycles. The molecular formula is C52H36Br2F12O4. The van der Waals surface area contributed by atoms with Gasteiger partial charge in [-0.2, -0.15) is 52.7 Å². The largest absolute Gasteiger partial charge is 0.489 e. The first-order valence-corrected chi connectivity index (χ1v) is 22.8. The van der Waals surface area contributed by atoms with E-state index in [4.69, 9.17) is 9.47 Å². The summed E-state index contributed by atoms with van der Waals surface area (Å²) in [6, 6.07) is 27.9. The molecule has 18 heteroatoms. The van der Waals surface area contributed by atoms with E-state index in [0.29, 0.717) is 84.9 Å². The van der Waals surface area contributed by atoms with Crippen molar-refractivity contribution in [1.29, 1.82) is 0 Å². The van der Waals surface area contributed by atoms with Gasteiger partial charge >= 0.3 is 24.7 Å². The molecule has 70 heavy (non-hydrogen) atoms. The summed E-state index contributed by atoms with van der Waals surface area (Å²) >= 11 is 6.73. The second-order valence-corrected chi connectivity index (χ2v) is 18.4. The Hall–Kier alpha value is -5.88. The summed E-state index contributed by atoms with van der Waals surface area (Å²) in [5.74, 6) is -0.305. The van der Waals surface area contributed by atoms with E-state index in [1.807, 2.05) is 48.5 Å². The maximum absolute atomic E-state index is 13.2. The average molecular weight is 1110 g/mol. The summed E-state index contributed by atoms with van der Waals surface area (Å²) in [4.78, 5) is 26.0. The van der Waals surface area contributed by atoms with E-state index in [1.165, 1.54) is 0 Å². The summed E-state index contributed by atoms with van der Waals surface area (Å²) in [5, 5.41) is 0. The number of ether oxygens (including phenoxy) is 2. The van der Waals surface area contributed by atoms with E-state index < -0.39 is 58.7 Å². The van der Waals surface area contributed by atoms with Crippen LogP contribution in [0, 0.1) is 5.92 Å². The molecule has 6 aromatic rings. The van der Waals surface area contributed by atoms with Crippen LogP contribution in [0.5, 0.6) is 11.5 Å². The maximum Gasteiger partial charge on any atom is 0.416 e. The smallest absolute Gasteiger partial charge is 0.416 e. The van der Waals surface area contributed by atoms with Gasteiger partial charge in [-0.3, -0.25) is 9.59 Å². The number of fused-ring (bicyclic) bond motifs is 2. The van der Waals surface area contributed by atoms with E-state index in [9.17, 15) is 62.3 Å². The standard InChI is InChI=1S/C26H19BrF6O2.C26H17BrF6O2/c2*27-21-5-1-15(2-6-21)14-35-22-7-8-23-17(12-22)3-4-18(24(23)34)9-16-10-19(25(28,29)30)13-20(11-16)26(31,32)33/h1-2,5-8,10-13,18H,3-4,9,14H2;1-2,5-13H,3-4,14H2/b;18-9+. The fourth-order valence-electron chi connectivity index (χ4n) is 7.94. The second kappa shape index (κ2) is 20.8. The molecule has 0 saturated heterocycles. The van der Waals surface area contributed by atoms with Crippen LogP contribution in [0.25, 0.3) is 6.08 Å². The molecule has 1 unspecified atom stereocenters. The van der Waals surface area contributed by atoms with Crippen LogP contribution >= 0.6 is 31.9 Å². The van der Waals surface area contributed by atoms with Crippen LogP contribution in [0.4, 0.5) is 52.7 Å². The number of Topliss-reactive ketones (excluding diaryl/α,β-unsaturated/α-hetero) is 2. The van der Waals surface area contributed by atoms with Gasteiger partial charge in [0.2, 0.25) is 0 Å². The maximum atomic E-state index is 13.2. The molecule has 0 aromatic heterocycles. The number of ketones is 2. The molecule has 0 heterocycles. The number of hydrogen-bond acceptors (Lipinski definition) is 4. The summed E-state index contributed by atoms with van der Waals surface area (Å²) in [7, 11) is 0. The molecule has 0 fully saturated rings. The third-order valence-corrected chi connectivity index (χ3v) is 12.5. The fourth-order valence-corrected chi connectivity index (χ4v) is 8.47. The molecule has 6 aromatic carbocycles. The van der Waals surface area contributed by atoms with E-state index in [0.717, 1.165) is 31.7 Å². The number of benzene rings is 6. The van der Waals surface area contributed by atoms with Gasteiger partial charge in [-0.1, -0.05) is 56.1 Å². The SMILES string of the molecule is O=C1/C(=C/c2cc(C(F)(F)F)cc(C(F)(F)F)c2)CCc2cc(OCc3ccc(Br)cc3)ccc21.O=C1c2ccc(OCc3ccc(Br)cc3)cc2CCC1Cc1cc(C(F)(F)F)cc(C(F)(F)F)c1. The third kappa shape index (κ3) is 13.3. The van der Waals surface area contributed by atoms with E-state index in [1.54, 1.807) is 36.4 Å². The van der Waals surface area contributed by atoms with E-state index in [-0.39, 0.29) is 47.5 Å². The van der Waals surface area contributed by atoms with Gasteiger partial charge in [-0.15, -0.1) is 0 Å². The molecule has 0 N–H and O–H groups in total. The number of alkyl halides is 12. The van der Waals surface area contributed by atoms with Crippen molar-refractivity contribution < 1.29 is 71.7 Å². The zero-order valence-corrected chi connectivity index (χ0v) is 39.2. The van der Waals surface area contributed by atoms with Gasteiger partial charge in [0.1, 0.15) is 24.7 Å². The highest BCUT2D eigenvalue weighted by atomic mass is 79.9. The van der Waals surface area contributed by atoms with Crippen molar-refractivity contribution in [1.82, 2.24) is 0 Å². The first-order chi connectivity index (χ1) is 32.8. The molecule has 4 nitrogen and oxygen atoms in total. The van der Waals surface area contributed by atoms with Crippen molar-refractivity contribution in [3.8, 4) is 11.5 Å². The Morgan fingerprint density at radius 1 is 0.486 bits per heavy atom. The lowest BCUT2D eigenvalue weighted by Crippen LogP contribution is -2.25. The predicted octanol–water partition coefficient (Wildman–Crippen LogP) is 16.3. The predicted molar refractivity (Wildman–Crippen MR) is 243 cm³/mol. The number of aryl methyl sites for hydroxylation is 2. The molecule has 0 saturated carbocycles. The Morgan fingerprint density at radius 2 is 0.914 bits per heavy atom. The van der Waals surface area contributed by atoms with Crippen LogP contribution in [0.3, 0.4) is 0 Å². The molecule has 0 amide bonds. The van der Waals surface area contributed by atoms with Gasteiger partial charge < -0.3 is 9.47 Å². The Bertz CT molecular complexity index is 2860. The topological polar surface area (TPSA) is 52.6 Å². The highest BCUT2D eigenvalue weighted by molar-refractivity contribution is 9.10. The van der Waals surface area contributed by atoms with Crippen LogP contribution in [-0.2, 0) is 57.2 Å². The molecule has 366 valence electrons. The molecule has 8 rings (SSSR count). The first-order valence-electron chi connectivity index (χ1n) is 21.2. The Morgan fingerprint density at radius 3 is 1.37 bits per heavy atom. The first kappa shape index (κ1) is 52.0. The minimum Gasteiger partial charge on any atom is -0.489 e. The van der Waals surface area contributed by atoms with Crippen molar-refractivity contribution in [2.45, 2.75) is 70.0 Å². The van der Waals surface area contributed by atoms with Crippen LogP contribution < -0.4 is 9.47 Å². The van der Waals surface area contributed by atoms with Gasteiger partial charge in [0, 0.05) is 31.6 Å². The van der Waals surface area contributed by atoms with Gasteiger partial charge in [-0.05, 0) is 169 Å². The molecule has 1 atom stereocenters. The lowest BCUT2D eigenvalue weighted by Gasteiger charge is -2.24. The molecule has 0 radical (unpaired) electrons. The van der Waals surface area contributed by atoms with E-state index in [2.05, 4.69) is 31.9 Å². The van der Waals surface area contributed by atoms with Gasteiger partial charge in [0.25, 0.3) is 0 Å². The molecule has 0 aliphatic heterocycles. The Balaban J connectivity index is 0.000000206. The van der Waals surface area contributed by atoms with Crippen molar-refractivity contribution >= 4 is 49.5 Å². The number of halogens is 14. The second-order valence-electron chi connectivity index (χ2n) is 16.5.